The smallest absolute Gasteiger partial charge is 0.319 e. The molecule has 0 saturated carbocycles. The lowest BCUT2D eigenvalue weighted by Gasteiger charge is -2.40. The molecule has 0 unspecified atom stereocenters. The van der Waals surface area contributed by atoms with Crippen molar-refractivity contribution in [2.24, 2.45) is 0 Å². The molecule has 2 aromatic carbocycles. The maximum Gasteiger partial charge on any atom is 0.319 e. The van der Waals surface area contributed by atoms with Crippen molar-refractivity contribution in [2.45, 2.75) is 69.2 Å². The summed E-state index contributed by atoms with van der Waals surface area (Å²) in [5.41, 5.74) is 0.280. The highest BCUT2D eigenvalue weighted by molar-refractivity contribution is 6.03. The van der Waals surface area contributed by atoms with Crippen LogP contribution in [0.2, 0.25) is 0 Å². The zero-order valence-corrected chi connectivity index (χ0v) is 25.6. The second-order valence-electron chi connectivity index (χ2n) is 13.2. The molecular formula is C35H35F3N6O2. The molecule has 4 aliphatic heterocycles. The molecule has 11 heteroatoms. The van der Waals surface area contributed by atoms with Gasteiger partial charge in [0, 0.05) is 49.1 Å². The third kappa shape index (κ3) is 4.56. The third-order valence-corrected chi connectivity index (χ3v) is 10.5. The van der Waals surface area contributed by atoms with E-state index in [0.29, 0.717) is 48.2 Å². The van der Waals surface area contributed by atoms with Gasteiger partial charge < -0.3 is 20.1 Å². The summed E-state index contributed by atoms with van der Waals surface area (Å²) in [6, 6.07) is 5.90. The number of terminal acetylenes is 1. The average molecular weight is 629 g/mol. The molecule has 2 aromatic heterocycles. The first-order valence-corrected chi connectivity index (χ1v) is 16.1. The third-order valence-electron chi connectivity index (χ3n) is 10.5. The van der Waals surface area contributed by atoms with Crippen LogP contribution in [-0.2, 0) is 6.42 Å². The number of piperazine rings is 1. The van der Waals surface area contributed by atoms with Crippen molar-refractivity contribution < 1.29 is 23.0 Å². The van der Waals surface area contributed by atoms with Gasteiger partial charge >= 0.3 is 6.01 Å². The number of aryl methyl sites for hydroxylation is 1. The number of phenols is 1. The van der Waals surface area contributed by atoms with E-state index in [9.17, 15) is 13.9 Å². The fourth-order valence-electron chi connectivity index (χ4n) is 8.20. The van der Waals surface area contributed by atoms with Crippen LogP contribution in [0.5, 0.6) is 11.8 Å². The number of halogens is 3. The topological polar surface area (TPSA) is 86.6 Å². The SMILES string of the molecule is C#Cc1c(F)ccc2cc(O)cc(-c3nc4c5c(nc(OC[C@@]67CCCN6C[C@H](F)C7)nc5c3F)N3C[C@@H](CC)NC[C@H]3CC4)c12. The van der Waals surface area contributed by atoms with Crippen LogP contribution < -0.4 is 15.0 Å². The number of aromatic hydroxyl groups is 1. The lowest BCUT2D eigenvalue weighted by atomic mass is 9.95. The lowest BCUT2D eigenvalue weighted by Crippen LogP contribution is -2.56. The van der Waals surface area contributed by atoms with E-state index < -0.39 is 23.3 Å². The van der Waals surface area contributed by atoms with E-state index in [0.717, 1.165) is 38.8 Å². The molecule has 0 spiro atoms. The summed E-state index contributed by atoms with van der Waals surface area (Å²) in [5.74, 6) is 1.48. The van der Waals surface area contributed by atoms with Crippen LogP contribution in [0.4, 0.5) is 19.0 Å². The maximum atomic E-state index is 17.0. The van der Waals surface area contributed by atoms with Crippen molar-refractivity contribution in [3.05, 3.63) is 47.2 Å². The predicted octanol–water partition coefficient (Wildman–Crippen LogP) is 5.27. The molecule has 238 valence electrons. The van der Waals surface area contributed by atoms with Gasteiger partial charge in [-0.05, 0) is 62.2 Å². The quantitative estimate of drug-likeness (QED) is 0.290. The van der Waals surface area contributed by atoms with Gasteiger partial charge in [-0.2, -0.15) is 9.97 Å². The van der Waals surface area contributed by atoms with E-state index in [4.69, 9.17) is 21.1 Å². The highest BCUT2D eigenvalue weighted by atomic mass is 19.1. The Hall–Kier alpha value is -4.14. The number of hydrogen-bond acceptors (Lipinski definition) is 8. The summed E-state index contributed by atoms with van der Waals surface area (Å²) in [6.07, 6.45) is 9.17. The van der Waals surface area contributed by atoms with Gasteiger partial charge in [0.15, 0.2) is 5.82 Å². The van der Waals surface area contributed by atoms with Crippen molar-refractivity contribution in [2.75, 3.05) is 37.7 Å². The Labute approximate surface area is 265 Å². The van der Waals surface area contributed by atoms with Crippen molar-refractivity contribution in [1.29, 1.82) is 0 Å². The van der Waals surface area contributed by atoms with Crippen LogP contribution in [0.25, 0.3) is 32.9 Å². The highest BCUT2D eigenvalue weighted by Gasteiger charge is 2.49. The van der Waals surface area contributed by atoms with Crippen LogP contribution in [0, 0.1) is 24.0 Å². The number of nitrogens with zero attached hydrogens (tertiary/aromatic N) is 5. The summed E-state index contributed by atoms with van der Waals surface area (Å²) in [5, 5.41) is 15.5. The number of alkyl halides is 1. The highest BCUT2D eigenvalue weighted by Crippen LogP contribution is 2.43. The Morgan fingerprint density at radius 2 is 2.04 bits per heavy atom. The van der Waals surface area contributed by atoms with Crippen molar-refractivity contribution in [3.8, 4) is 35.4 Å². The molecule has 2 N–H and O–H groups in total. The number of anilines is 1. The molecule has 3 saturated heterocycles. The van der Waals surface area contributed by atoms with E-state index in [1.807, 2.05) is 0 Å². The molecule has 46 heavy (non-hydrogen) atoms. The molecule has 4 atom stereocenters. The average Bonchev–Trinajstić information content (AvgIpc) is 3.53. The summed E-state index contributed by atoms with van der Waals surface area (Å²) in [6.45, 7) is 4.95. The molecule has 3 fully saturated rings. The maximum absolute atomic E-state index is 17.0. The Kier molecular flexibility index (Phi) is 6.99. The first-order chi connectivity index (χ1) is 22.3. The molecule has 0 amide bonds. The van der Waals surface area contributed by atoms with Crippen LogP contribution >= 0.6 is 0 Å². The molecule has 0 bridgehead atoms. The standard InChI is InChI=1S/C35H35F3N6O2/c1-3-21-17-44-22(15-39-21)7-9-27-29-32(41-34(42-33(29)44)46-18-35-10-5-11-43(35)16-20(36)14-35)30(38)31(40-27)25-13-23(45)12-19-6-8-26(37)24(4-2)28(19)25/h2,6,8,12-13,20-22,39,45H,3,5,7,9-11,14-18H2,1H3/t20-,21-,22-,35+/m1/s1. The van der Waals surface area contributed by atoms with Gasteiger partial charge in [0.2, 0.25) is 0 Å². The number of rotatable bonds is 5. The largest absolute Gasteiger partial charge is 0.508 e. The Morgan fingerprint density at radius 3 is 2.87 bits per heavy atom. The van der Waals surface area contributed by atoms with E-state index >= 15 is 4.39 Å². The number of phenolic OH excluding ortho intramolecular Hbond substituents is 1. The monoisotopic (exact) mass is 628 g/mol. The Bertz CT molecular complexity index is 1930. The minimum absolute atomic E-state index is 0.0244. The van der Waals surface area contributed by atoms with Crippen LogP contribution in [0.15, 0.2) is 24.3 Å². The minimum atomic E-state index is -0.915. The first-order valence-electron chi connectivity index (χ1n) is 16.1. The zero-order valence-electron chi connectivity index (χ0n) is 25.6. The van der Waals surface area contributed by atoms with Gasteiger partial charge in [0.25, 0.3) is 0 Å². The van der Waals surface area contributed by atoms with E-state index in [2.05, 4.69) is 32.9 Å². The number of nitrogens with one attached hydrogen (secondary N) is 1. The number of benzene rings is 2. The van der Waals surface area contributed by atoms with Crippen molar-refractivity contribution >= 4 is 27.5 Å². The molecule has 6 heterocycles. The van der Waals surface area contributed by atoms with E-state index in [-0.39, 0.29) is 58.2 Å². The van der Waals surface area contributed by atoms with Gasteiger partial charge in [-0.1, -0.05) is 18.9 Å². The van der Waals surface area contributed by atoms with Crippen molar-refractivity contribution in [1.82, 2.24) is 25.2 Å². The number of aromatic nitrogens is 3. The number of hydrogen-bond donors (Lipinski definition) is 2. The molecule has 4 aliphatic rings. The zero-order chi connectivity index (χ0) is 31.7. The number of fused-ring (bicyclic) bond motifs is 4. The summed E-state index contributed by atoms with van der Waals surface area (Å²) in [4.78, 5) is 18.8. The minimum Gasteiger partial charge on any atom is -0.508 e. The molecule has 0 radical (unpaired) electrons. The van der Waals surface area contributed by atoms with Crippen LogP contribution in [-0.4, -0.2) is 81.5 Å². The summed E-state index contributed by atoms with van der Waals surface area (Å²) >= 11 is 0. The van der Waals surface area contributed by atoms with Crippen molar-refractivity contribution in [3.63, 3.8) is 0 Å². The van der Waals surface area contributed by atoms with Gasteiger partial charge in [0.1, 0.15) is 41.4 Å². The Morgan fingerprint density at radius 1 is 1.17 bits per heavy atom. The van der Waals surface area contributed by atoms with Gasteiger partial charge in [0.05, 0.1) is 22.2 Å². The van der Waals surface area contributed by atoms with Gasteiger partial charge in [-0.3, -0.25) is 4.90 Å². The van der Waals surface area contributed by atoms with Crippen LogP contribution in [0.1, 0.15) is 50.3 Å². The fourth-order valence-corrected chi connectivity index (χ4v) is 8.20. The molecule has 4 aromatic rings. The summed E-state index contributed by atoms with van der Waals surface area (Å²) < 4.78 is 52.8. The van der Waals surface area contributed by atoms with Gasteiger partial charge in [-0.15, -0.1) is 6.42 Å². The Balaban J connectivity index is 1.33. The second kappa shape index (κ2) is 11.0. The van der Waals surface area contributed by atoms with E-state index in [1.54, 1.807) is 0 Å². The number of ether oxygens (including phenoxy) is 1. The van der Waals surface area contributed by atoms with E-state index in [1.165, 1.54) is 24.3 Å². The normalized spacial score (nSPS) is 25.8. The fraction of sp³-hybridized carbons (Fsp3) is 0.457. The first kappa shape index (κ1) is 29.3. The van der Waals surface area contributed by atoms with Crippen LogP contribution in [0.3, 0.4) is 0 Å². The lowest BCUT2D eigenvalue weighted by molar-refractivity contribution is 0.107. The molecule has 8 nitrogen and oxygen atoms in total. The molecular weight excluding hydrogens is 593 g/mol. The molecule has 0 aliphatic carbocycles. The number of pyridine rings is 1. The second-order valence-corrected chi connectivity index (χ2v) is 13.2. The summed E-state index contributed by atoms with van der Waals surface area (Å²) in [7, 11) is 0. The predicted molar refractivity (Wildman–Crippen MR) is 170 cm³/mol. The van der Waals surface area contributed by atoms with Gasteiger partial charge in [-0.25, -0.2) is 18.2 Å². The molecule has 8 rings (SSSR count).